The van der Waals surface area contributed by atoms with Crippen molar-refractivity contribution in [2.24, 2.45) is 0 Å². The van der Waals surface area contributed by atoms with Crippen molar-refractivity contribution in [3.8, 4) is 55.6 Å². The monoisotopic (exact) mass is 749 g/mol. The van der Waals surface area contributed by atoms with Gasteiger partial charge in [-0.15, -0.1) is 0 Å². The number of hydrogen-bond donors (Lipinski definition) is 1. The van der Waals surface area contributed by atoms with Gasteiger partial charge in [0, 0.05) is 23.0 Å². The number of rotatable bonds is 8. The molecule has 9 aromatic rings. The predicted molar refractivity (Wildman–Crippen MR) is 235 cm³/mol. The van der Waals surface area contributed by atoms with Crippen LogP contribution in [0.3, 0.4) is 0 Å². The molecule has 0 saturated carbocycles. The zero-order valence-corrected chi connectivity index (χ0v) is 31.5. The maximum atomic E-state index is 15.1. The molecule has 0 heterocycles. The summed E-state index contributed by atoms with van der Waals surface area (Å²) in [7, 11) is 0. The highest BCUT2D eigenvalue weighted by Gasteiger charge is 2.48. The highest BCUT2D eigenvalue weighted by Crippen LogP contribution is 2.61. The molecule has 276 valence electrons. The van der Waals surface area contributed by atoms with Crippen molar-refractivity contribution < 1.29 is 8.78 Å². The molecular formula is C55H37F2N. The van der Waals surface area contributed by atoms with Crippen LogP contribution < -0.4 is 5.32 Å². The van der Waals surface area contributed by atoms with E-state index in [1.54, 1.807) is 0 Å². The number of hydrogen-bond acceptors (Lipinski definition) is 1. The zero-order valence-electron chi connectivity index (χ0n) is 31.5. The van der Waals surface area contributed by atoms with E-state index in [-0.39, 0.29) is 0 Å². The summed E-state index contributed by atoms with van der Waals surface area (Å²) in [4.78, 5) is 0. The Morgan fingerprint density at radius 2 is 0.828 bits per heavy atom. The lowest BCUT2D eigenvalue weighted by atomic mass is 9.67. The lowest BCUT2D eigenvalue weighted by molar-refractivity contribution is 0.584. The molecule has 1 aliphatic rings. The van der Waals surface area contributed by atoms with Crippen LogP contribution in [0.4, 0.5) is 20.2 Å². The summed E-state index contributed by atoms with van der Waals surface area (Å²) in [5, 5.41) is 3.86. The van der Waals surface area contributed by atoms with Crippen LogP contribution in [0.2, 0.25) is 0 Å². The first-order valence-corrected chi connectivity index (χ1v) is 19.6. The lowest BCUT2D eigenvalue weighted by Crippen LogP contribution is -2.28. The van der Waals surface area contributed by atoms with E-state index in [0.717, 1.165) is 84.2 Å². The van der Waals surface area contributed by atoms with E-state index >= 15 is 8.78 Å². The fraction of sp³-hybridized carbons (Fsp3) is 0.0182. The van der Waals surface area contributed by atoms with Gasteiger partial charge >= 0.3 is 0 Å². The van der Waals surface area contributed by atoms with Crippen molar-refractivity contribution >= 4 is 11.4 Å². The Kier molecular flexibility index (Phi) is 8.84. The molecule has 58 heavy (non-hydrogen) atoms. The summed E-state index contributed by atoms with van der Waals surface area (Å²) in [5.41, 5.74) is 15.3. The second-order valence-corrected chi connectivity index (χ2v) is 14.8. The standard InChI is InChI=1S/C55H37F2N/c56-44-32-41(33-45(57)34-44)47-30-31-50-54(53(47)40-20-10-3-11-21-40)49-35-48(39-18-8-2-9-19-39)52(58-46-28-26-38(27-29-46)37-16-6-1-7-17-37)36-51(49)55(50,42-22-12-4-13-23-42)43-24-14-5-15-25-43/h1-36,58H. The first-order valence-electron chi connectivity index (χ1n) is 19.6. The van der Waals surface area contributed by atoms with Gasteiger partial charge in [-0.05, 0) is 109 Å². The molecule has 0 atom stereocenters. The maximum Gasteiger partial charge on any atom is 0.126 e. The summed E-state index contributed by atoms with van der Waals surface area (Å²) in [6.45, 7) is 0. The van der Waals surface area contributed by atoms with Crippen LogP contribution in [-0.2, 0) is 5.41 Å². The summed E-state index contributed by atoms with van der Waals surface area (Å²) >= 11 is 0. The summed E-state index contributed by atoms with van der Waals surface area (Å²) in [6, 6.07) is 73.7. The van der Waals surface area contributed by atoms with E-state index in [1.165, 1.54) is 17.7 Å². The molecule has 9 aromatic carbocycles. The molecule has 0 aromatic heterocycles. The minimum atomic E-state index is -0.745. The Labute approximate surface area is 337 Å². The third kappa shape index (κ3) is 6.00. The fourth-order valence-electron chi connectivity index (χ4n) is 8.97. The van der Waals surface area contributed by atoms with Gasteiger partial charge in [0.05, 0.1) is 5.41 Å². The van der Waals surface area contributed by atoms with E-state index in [0.29, 0.717) is 5.56 Å². The first-order chi connectivity index (χ1) is 28.6. The first kappa shape index (κ1) is 35.1. The van der Waals surface area contributed by atoms with E-state index in [4.69, 9.17) is 0 Å². The Morgan fingerprint density at radius 3 is 1.40 bits per heavy atom. The minimum Gasteiger partial charge on any atom is -0.355 e. The van der Waals surface area contributed by atoms with Crippen LogP contribution in [0.25, 0.3) is 55.6 Å². The Balaban J connectivity index is 1.31. The highest BCUT2D eigenvalue weighted by molar-refractivity contribution is 6.04. The van der Waals surface area contributed by atoms with Crippen LogP contribution in [-0.4, -0.2) is 0 Å². The van der Waals surface area contributed by atoms with Gasteiger partial charge in [-0.25, -0.2) is 8.78 Å². The largest absolute Gasteiger partial charge is 0.355 e. The van der Waals surface area contributed by atoms with Gasteiger partial charge in [0.15, 0.2) is 0 Å². The lowest BCUT2D eigenvalue weighted by Gasteiger charge is -2.34. The maximum absolute atomic E-state index is 15.1. The minimum absolute atomic E-state index is 0.484. The molecule has 0 unspecified atom stereocenters. The third-order valence-electron chi connectivity index (χ3n) is 11.4. The van der Waals surface area contributed by atoms with Gasteiger partial charge in [-0.2, -0.15) is 0 Å². The third-order valence-corrected chi connectivity index (χ3v) is 11.4. The van der Waals surface area contributed by atoms with Gasteiger partial charge in [-0.1, -0.05) is 176 Å². The molecule has 10 rings (SSSR count). The van der Waals surface area contributed by atoms with Crippen LogP contribution in [0.1, 0.15) is 22.3 Å². The van der Waals surface area contributed by atoms with Crippen molar-refractivity contribution in [2.75, 3.05) is 5.32 Å². The fourth-order valence-corrected chi connectivity index (χ4v) is 8.97. The molecule has 0 spiro atoms. The van der Waals surface area contributed by atoms with Crippen LogP contribution in [0.5, 0.6) is 0 Å². The van der Waals surface area contributed by atoms with Gasteiger partial charge < -0.3 is 5.32 Å². The number of fused-ring (bicyclic) bond motifs is 3. The SMILES string of the molecule is Fc1cc(F)cc(-c2ccc3c(c2-c2ccccc2)-c2cc(-c4ccccc4)c(Nc4ccc(-c5ccccc5)cc4)cc2C3(c2ccccc2)c2ccccc2)c1. The van der Waals surface area contributed by atoms with Gasteiger partial charge in [0.2, 0.25) is 0 Å². The second kappa shape index (κ2) is 14.6. The van der Waals surface area contributed by atoms with Gasteiger partial charge in [-0.3, -0.25) is 0 Å². The van der Waals surface area contributed by atoms with Crippen molar-refractivity contribution in [1.82, 2.24) is 0 Å². The molecule has 0 bridgehead atoms. The van der Waals surface area contributed by atoms with Crippen molar-refractivity contribution in [1.29, 1.82) is 0 Å². The van der Waals surface area contributed by atoms with Crippen LogP contribution >= 0.6 is 0 Å². The molecule has 0 fully saturated rings. The molecule has 0 saturated heterocycles. The normalized spacial score (nSPS) is 12.4. The number of anilines is 2. The Hall–Kier alpha value is -7.36. The van der Waals surface area contributed by atoms with E-state index < -0.39 is 17.0 Å². The Bertz CT molecular complexity index is 2830. The van der Waals surface area contributed by atoms with Crippen LogP contribution in [0, 0.1) is 11.6 Å². The number of nitrogens with one attached hydrogen (secondary N) is 1. The van der Waals surface area contributed by atoms with Gasteiger partial charge in [0.1, 0.15) is 11.6 Å². The molecular weight excluding hydrogens is 713 g/mol. The molecule has 1 nitrogen and oxygen atoms in total. The molecule has 0 aliphatic heterocycles. The molecule has 0 amide bonds. The second-order valence-electron chi connectivity index (χ2n) is 14.8. The summed E-state index contributed by atoms with van der Waals surface area (Å²) in [5.74, 6) is -1.23. The average Bonchev–Trinajstić information content (AvgIpc) is 3.57. The van der Waals surface area contributed by atoms with Crippen molar-refractivity contribution in [3.63, 3.8) is 0 Å². The highest BCUT2D eigenvalue weighted by atomic mass is 19.1. The number of halogens is 2. The smallest absolute Gasteiger partial charge is 0.126 e. The van der Waals surface area contributed by atoms with Crippen molar-refractivity contribution in [2.45, 2.75) is 5.41 Å². The summed E-state index contributed by atoms with van der Waals surface area (Å²) in [6.07, 6.45) is 0. The number of benzene rings is 9. The van der Waals surface area contributed by atoms with Crippen molar-refractivity contribution in [3.05, 3.63) is 252 Å². The quantitative estimate of drug-likeness (QED) is 0.163. The average molecular weight is 750 g/mol. The van der Waals surface area contributed by atoms with E-state index in [1.807, 2.05) is 36.4 Å². The molecule has 0 radical (unpaired) electrons. The molecule has 1 N–H and O–H groups in total. The van der Waals surface area contributed by atoms with Crippen LogP contribution in [0.15, 0.2) is 218 Å². The predicted octanol–water partition coefficient (Wildman–Crippen LogP) is 14.7. The van der Waals surface area contributed by atoms with E-state index in [9.17, 15) is 0 Å². The molecule has 3 heteroatoms. The van der Waals surface area contributed by atoms with E-state index in [2.05, 4.69) is 169 Å². The summed E-state index contributed by atoms with van der Waals surface area (Å²) < 4.78 is 30.1. The van der Waals surface area contributed by atoms with Gasteiger partial charge in [0.25, 0.3) is 0 Å². The topological polar surface area (TPSA) is 12.0 Å². The molecule has 1 aliphatic carbocycles. The zero-order chi connectivity index (χ0) is 39.1. The Morgan fingerprint density at radius 1 is 0.328 bits per heavy atom.